The number of rotatable bonds is 7. The molecule has 0 aliphatic rings. The molecule has 0 rings (SSSR count). The second-order valence-electron chi connectivity index (χ2n) is 5.64. The van der Waals surface area contributed by atoms with Gasteiger partial charge in [0.15, 0.2) is 0 Å². The fourth-order valence-electron chi connectivity index (χ4n) is 1.84. The number of hydrogen-bond donors (Lipinski definition) is 2. The zero-order valence-electron chi connectivity index (χ0n) is 13.1. The van der Waals surface area contributed by atoms with Crippen LogP contribution >= 0.6 is 0 Å². The standard InChI is InChI=1S/C14H26N2O4/c1-8(2)7-11(14(19)20-6)16-13(18)12(9(3)4)15-10(5)17/h8-9,11-12H,7H2,1-6H3,(H,15,17)(H,16,18)/t11-,12+/m0/s1. The molecular weight excluding hydrogens is 260 g/mol. The van der Waals surface area contributed by atoms with Crippen LogP contribution in [0.2, 0.25) is 0 Å². The topological polar surface area (TPSA) is 84.5 Å². The summed E-state index contributed by atoms with van der Waals surface area (Å²) < 4.78 is 4.69. The van der Waals surface area contributed by atoms with Crippen molar-refractivity contribution in [1.29, 1.82) is 0 Å². The van der Waals surface area contributed by atoms with Crippen LogP contribution in [-0.4, -0.2) is 37.0 Å². The monoisotopic (exact) mass is 286 g/mol. The molecule has 0 fully saturated rings. The van der Waals surface area contributed by atoms with E-state index >= 15 is 0 Å². The Balaban J connectivity index is 4.86. The maximum absolute atomic E-state index is 12.2. The summed E-state index contributed by atoms with van der Waals surface area (Å²) in [5.74, 6) is -0.963. The third-order valence-electron chi connectivity index (χ3n) is 2.82. The number of esters is 1. The molecule has 2 atom stereocenters. The second kappa shape index (κ2) is 8.55. The highest BCUT2D eigenvalue weighted by molar-refractivity contribution is 5.90. The van der Waals surface area contributed by atoms with Crippen molar-refractivity contribution in [1.82, 2.24) is 10.6 Å². The average molecular weight is 286 g/mol. The maximum atomic E-state index is 12.2. The molecule has 2 amide bonds. The summed E-state index contributed by atoms with van der Waals surface area (Å²) in [6.07, 6.45) is 0.489. The molecule has 0 aromatic carbocycles. The number of hydrogen-bond acceptors (Lipinski definition) is 4. The summed E-state index contributed by atoms with van der Waals surface area (Å²) in [5.41, 5.74) is 0. The van der Waals surface area contributed by atoms with Gasteiger partial charge in [0.25, 0.3) is 0 Å². The Morgan fingerprint density at radius 1 is 1.05 bits per heavy atom. The summed E-state index contributed by atoms with van der Waals surface area (Å²) in [5, 5.41) is 5.25. The van der Waals surface area contributed by atoms with E-state index in [4.69, 9.17) is 4.74 Å². The van der Waals surface area contributed by atoms with Crippen LogP contribution in [0.15, 0.2) is 0 Å². The quantitative estimate of drug-likeness (QED) is 0.680. The molecule has 0 heterocycles. The normalized spacial score (nSPS) is 13.8. The minimum atomic E-state index is -0.692. The summed E-state index contributed by atoms with van der Waals surface area (Å²) in [6.45, 7) is 8.92. The van der Waals surface area contributed by atoms with E-state index in [-0.39, 0.29) is 23.7 Å². The van der Waals surface area contributed by atoms with E-state index < -0.39 is 18.1 Å². The molecule has 116 valence electrons. The summed E-state index contributed by atoms with van der Waals surface area (Å²) in [6, 6.07) is -1.35. The molecule has 0 aromatic heterocycles. The summed E-state index contributed by atoms with van der Waals surface area (Å²) >= 11 is 0. The van der Waals surface area contributed by atoms with Gasteiger partial charge in [0.05, 0.1) is 7.11 Å². The highest BCUT2D eigenvalue weighted by Gasteiger charge is 2.28. The van der Waals surface area contributed by atoms with Crippen LogP contribution in [0.1, 0.15) is 41.0 Å². The maximum Gasteiger partial charge on any atom is 0.328 e. The number of methoxy groups -OCH3 is 1. The Hall–Kier alpha value is -1.59. The van der Waals surface area contributed by atoms with Gasteiger partial charge in [-0.3, -0.25) is 9.59 Å². The molecule has 0 aliphatic heterocycles. The van der Waals surface area contributed by atoms with Gasteiger partial charge in [-0.05, 0) is 18.3 Å². The first-order chi connectivity index (χ1) is 9.18. The number of ether oxygens (including phenoxy) is 1. The van der Waals surface area contributed by atoms with Crippen LogP contribution in [-0.2, 0) is 19.1 Å². The smallest absolute Gasteiger partial charge is 0.328 e. The zero-order valence-corrected chi connectivity index (χ0v) is 13.1. The zero-order chi connectivity index (χ0) is 15.9. The van der Waals surface area contributed by atoms with Crippen LogP contribution in [0.4, 0.5) is 0 Å². The SMILES string of the molecule is COC(=O)[C@H](CC(C)C)NC(=O)[C@H](NC(C)=O)C(C)C. The van der Waals surface area contributed by atoms with Crippen molar-refractivity contribution in [3.8, 4) is 0 Å². The Kier molecular flexibility index (Phi) is 7.87. The lowest BCUT2D eigenvalue weighted by molar-refractivity contribution is -0.146. The molecule has 0 aliphatic carbocycles. The van der Waals surface area contributed by atoms with Gasteiger partial charge in [0.2, 0.25) is 11.8 Å². The van der Waals surface area contributed by atoms with Crippen LogP contribution in [0.25, 0.3) is 0 Å². The second-order valence-corrected chi connectivity index (χ2v) is 5.64. The van der Waals surface area contributed by atoms with Gasteiger partial charge < -0.3 is 15.4 Å². The molecule has 2 N–H and O–H groups in total. The molecule has 6 heteroatoms. The van der Waals surface area contributed by atoms with Gasteiger partial charge in [0.1, 0.15) is 12.1 Å². The van der Waals surface area contributed by atoms with Crippen molar-refractivity contribution in [3.63, 3.8) is 0 Å². The van der Waals surface area contributed by atoms with E-state index in [0.29, 0.717) is 6.42 Å². The van der Waals surface area contributed by atoms with Gasteiger partial charge in [-0.15, -0.1) is 0 Å². The Morgan fingerprint density at radius 2 is 1.60 bits per heavy atom. The first kappa shape index (κ1) is 18.4. The van der Waals surface area contributed by atoms with Crippen molar-refractivity contribution < 1.29 is 19.1 Å². The Labute approximate surface area is 120 Å². The Bertz CT molecular complexity index is 353. The molecular formula is C14H26N2O4. The van der Waals surface area contributed by atoms with Crippen LogP contribution in [0.5, 0.6) is 0 Å². The first-order valence-electron chi connectivity index (χ1n) is 6.84. The van der Waals surface area contributed by atoms with Crippen LogP contribution in [0, 0.1) is 11.8 Å². The van der Waals surface area contributed by atoms with Crippen LogP contribution < -0.4 is 10.6 Å². The van der Waals surface area contributed by atoms with Gasteiger partial charge in [-0.2, -0.15) is 0 Å². The third kappa shape index (κ3) is 6.54. The van der Waals surface area contributed by atoms with Gasteiger partial charge in [-0.25, -0.2) is 4.79 Å². The minimum Gasteiger partial charge on any atom is -0.467 e. The van der Waals surface area contributed by atoms with Gasteiger partial charge >= 0.3 is 5.97 Å². The van der Waals surface area contributed by atoms with E-state index in [1.807, 2.05) is 27.7 Å². The molecule has 0 saturated heterocycles. The number of carbonyl (C=O) groups is 3. The van der Waals surface area contributed by atoms with E-state index in [9.17, 15) is 14.4 Å². The van der Waals surface area contributed by atoms with Crippen LogP contribution in [0.3, 0.4) is 0 Å². The van der Waals surface area contributed by atoms with E-state index in [2.05, 4.69) is 10.6 Å². The third-order valence-corrected chi connectivity index (χ3v) is 2.82. The fraction of sp³-hybridized carbons (Fsp3) is 0.786. The minimum absolute atomic E-state index is 0.0729. The number of nitrogens with one attached hydrogen (secondary N) is 2. The van der Waals surface area contributed by atoms with E-state index in [1.165, 1.54) is 14.0 Å². The lowest BCUT2D eigenvalue weighted by Crippen LogP contribution is -2.53. The highest BCUT2D eigenvalue weighted by atomic mass is 16.5. The summed E-state index contributed by atoms with van der Waals surface area (Å²) in [7, 11) is 1.29. The number of amides is 2. The predicted octanol–water partition coefficient (Wildman–Crippen LogP) is 0.851. The molecule has 0 bridgehead atoms. The van der Waals surface area contributed by atoms with Gasteiger partial charge in [-0.1, -0.05) is 27.7 Å². The average Bonchev–Trinajstić information content (AvgIpc) is 2.32. The predicted molar refractivity (Wildman–Crippen MR) is 75.8 cm³/mol. The number of carbonyl (C=O) groups excluding carboxylic acids is 3. The van der Waals surface area contributed by atoms with Crippen molar-refractivity contribution >= 4 is 17.8 Å². The molecule has 0 saturated carbocycles. The lowest BCUT2D eigenvalue weighted by atomic mass is 10.0. The Morgan fingerprint density at radius 3 is 1.95 bits per heavy atom. The highest BCUT2D eigenvalue weighted by Crippen LogP contribution is 2.08. The van der Waals surface area contributed by atoms with E-state index in [1.54, 1.807) is 0 Å². The fourth-order valence-corrected chi connectivity index (χ4v) is 1.84. The van der Waals surface area contributed by atoms with Gasteiger partial charge in [0, 0.05) is 6.92 Å². The molecule has 6 nitrogen and oxygen atoms in total. The molecule has 0 aromatic rings. The van der Waals surface area contributed by atoms with E-state index in [0.717, 1.165) is 0 Å². The molecule has 0 radical (unpaired) electrons. The van der Waals surface area contributed by atoms with Crippen molar-refractivity contribution in [2.45, 2.75) is 53.1 Å². The van der Waals surface area contributed by atoms with Crippen molar-refractivity contribution in [2.24, 2.45) is 11.8 Å². The largest absolute Gasteiger partial charge is 0.467 e. The van der Waals surface area contributed by atoms with Crippen molar-refractivity contribution in [2.75, 3.05) is 7.11 Å². The molecule has 0 unspecified atom stereocenters. The lowest BCUT2D eigenvalue weighted by Gasteiger charge is -2.24. The van der Waals surface area contributed by atoms with Crippen molar-refractivity contribution in [3.05, 3.63) is 0 Å². The summed E-state index contributed by atoms with van der Waals surface area (Å²) in [4.78, 5) is 35.0. The molecule has 0 spiro atoms. The molecule has 20 heavy (non-hydrogen) atoms. The first-order valence-corrected chi connectivity index (χ1v) is 6.84.